The number of aliphatic hydroxyl groups is 1. The number of hydrogen-bond donors (Lipinski definition) is 1. The zero-order valence-corrected chi connectivity index (χ0v) is 13.1. The molecule has 0 fully saturated rings. The second kappa shape index (κ2) is 5.89. The summed E-state index contributed by atoms with van der Waals surface area (Å²) < 4.78 is 9.32. The van der Waals surface area contributed by atoms with Crippen LogP contribution >= 0.6 is 11.5 Å². The molecule has 1 aromatic carbocycles. The van der Waals surface area contributed by atoms with E-state index in [4.69, 9.17) is 4.74 Å². The van der Waals surface area contributed by atoms with Crippen LogP contribution in [0.1, 0.15) is 43.0 Å². The minimum absolute atomic E-state index is 0.121. The van der Waals surface area contributed by atoms with E-state index in [-0.39, 0.29) is 5.41 Å². The van der Waals surface area contributed by atoms with E-state index in [2.05, 4.69) is 30.4 Å². The first kappa shape index (κ1) is 14.9. The fraction of sp³-hybridized carbons (Fsp3) is 0.467. The highest BCUT2D eigenvalue weighted by Gasteiger charge is 2.26. The zero-order chi connectivity index (χ0) is 14.8. The lowest BCUT2D eigenvalue weighted by Gasteiger charge is -2.19. The lowest BCUT2D eigenvalue weighted by atomic mass is 9.89. The number of hydrogen-bond acceptors (Lipinski definition) is 5. The van der Waals surface area contributed by atoms with Crippen molar-refractivity contribution < 1.29 is 9.84 Å². The van der Waals surface area contributed by atoms with E-state index in [1.54, 1.807) is 7.11 Å². The molecular weight excluding hydrogens is 272 g/mol. The summed E-state index contributed by atoms with van der Waals surface area (Å²) in [6.07, 6.45) is -0.114. The molecule has 0 spiro atoms. The molecule has 1 atom stereocenters. The Bertz CT molecular complexity index is 575. The lowest BCUT2D eigenvalue weighted by Crippen LogP contribution is -2.16. The molecule has 0 saturated carbocycles. The van der Waals surface area contributed by atoms with Gasteiger partial charge in [-0.1, -0.05) is 43.5 Å². The van der Waals surface area contributed by atoms with Gasteiger partial charge in [-0.05, 0) is 23.2 Å². The van der Waals surface area contributed by atoms with Gasteiger partial charge in [-0.25, -0.2) is 0 Å². The summed E-state index contributed by atoms with van der Waals surface area (Å²) >= 11 is 1.27. The molecule has 20 heavy (non-hydrogen) atoms. The summed E-state index contributed by atoms with van der Waals surface area (Å²) in [5.74, 6) is 0.793. The molecule has 4 nitrogen and oxygen atoms in total. The summed E-state index contributed by atoms with van der Waals surface area (Å²) in [6, 6.07) is 7.73. The summed E-state index contributed by atoms with van der Waals surface area (Å²) in [6.45, 7) is 6.22. The Morgan fingerprint density at radius 1 is 1.30 bits per heavy atom. The van der Waals surface area contributed by atoms with Crippen molar-refractivity contribution in [2.75, 3.05) is 7.11 Å². The van der Waals surface area contributed by atoms with Gasteiger partial charge >= 0.3 is 0 Å². The number of nitrogens with zero attached hydrogens (tertiary/aromatic N) is 2. The van der Waals surface area contributed by atoms with Crippen LogP contribution in [0.4, 0.5) is 0 Å². The van der Waals surface area contributed by atoms with Gasteiger partial charge in [-0.2, -0.15) is 0 Å². The fourth-order valence-corrected chi connectivity index (χ4v) is 2.96. The van der Waals surface area contributed by atoms with Crippen molar-refractivity contribution >= 4 is 11.5 Å². The first-order valence-electron chi connectivity index (χ1n) is 6.56. The Hall–Kier alpha value is -1.46. The van der Waals surface area contributed by atoms with Gasteiger partial charge in [-0.3, -0.25) is 0 Å². The molecule has 0 saturated heterocycles. The van der Waals surface area contributed by atoms with Gasteiger partial charge in [0.05, 0.1) is 23.8 Å². The molecular formula is C15H20N2O2S. The van der Waals surface area contributed by atoms with E-state index in [0.29, 0.717) is 6.42 Å². The third-order valence-corrected chi connectivity index (χ3v) is 3.96. The monoisotopic (exact) mass is 292 g/mol. The van der Waals surface area contributed by atoms with E-state index >= 15 is 0 Å². The van der Waals surface area contributed by atoms with Gasteiger partial charge < -0.3 is 9.84 Å². The van der Waals surface area contributed by atoms with Gasteiger partial charge in [-0.15, -0.1) is 5.10 Å². The van der Waals surface area contributed by atoms with E-state index in [1.165, 1.54) is 11.5 Å². The molecule has 0 aliphatic carbocycles. The predicted molar refractivity (Wildman–Crippen MR) is 80.3 cm³/mol. The molecule has 0 aliphatic rings. The van der Waals surface area contributed by atoms with Gasteiger partial charge in [0.1, 0.15) is 5.75 Å². The maximum absolute atomic E-state index is 10.5. The molecule has 108 valence electrons. The van der Waals surface area contributed by atoms with Crippen molar-refractivity contribution in [2.45, 2.75) is 38.7 Å². The molecule has 1 N–H and O–H groups in total. The molecule has 1 heterocycles. The van der Waals surface area contributed by atoms with Gasteiger partial charge in [0.25, 0.3) is 0 Å². The molecule has 0 radical (unpaired) electrons. The molecule has 1 aromatic heterocycles. The second-order valence-corrected chi connectivity index (χ2v) is 6.55. The van der Waals surface area contributed by atoms with Crippen molar-refractivity contribution in [3.8, 4) is 5.75 Å². The quantitative estimate of drug-likeness (QED) is 0.940. The number of rotatable bonds is 4. The predicted octanol–water partition coefficient (Wildman–Crippen LogP) is 3.12. The van der Waals surface area contributed by atoms with Crippen molar-refractivity contribution in [1.82, 2.24) is 9.59 Å². The van der Waals surface area contributed by atoms with Crippen LogP contribution in [0, 0.1) is 0 Å². The third-order valence-electron chi connectivity index (χ3n) is 3.13. The lowest BCUT2D eigenvalue weighted by molar-refractivity contribution is 0.178. The highest BCUT2D eigenvalue weighted by molar-refractivity contribution is 7.05. The number of methoxy groups -OCH3 is 1. The maximum Gasteiger partial charge on any atom is 0.122 e. The maximum atomic E-state index is 10.5. The minimum atomic E-state index is -0.611. The molecule has 0 bridgehead atoms. The van der Waals surface area contributed by atoms with E-state index in [0.717, 1.165) is 21.9 Å². The average Bonchev–Trinajstić information content (AvgIpc) is 2.88. The van der Waals surface area contributed by atoms with Gasteiger partial charge in [0, 0.05) is 11.8 Å². The number of aromatic nitrogens is 2. The SMILES string of the molecule is COc1ccccc1CC(O)c1snnc1C(C)(C)C. The first-order chi connectivity index (χ1) is 9.43. The van der Waals surface area contributed by atoms with Crippen molar-refractivity contribution in [3.63, 3.8) is 0 Å². The van der Waals surface area contributed by atoms with Gasteiger partial charge in [0.2, 0.25) is 0 Å². The number of ether oxygens (including phenoxy) is 1. The molecule has 5 heteroatoms. The second-order valence-electron chi connectivity index (χ2n) is 5.77. The summed E-state index contributed by atoms with van der Waals surface area (Å²) in [7, 11) is 1.64. The Morgan fingerprint density at radius 2 is 2.00 bits per heavy atom. The van der Waals surface area contributed by atoms with Gasteiger partial charge in [0.15, 0.2) is 0 Å². The first-order valence-corrected chi connectivity index (χ1v) is 7.33. The summed E-state index contributed by atoms with van der Waals surface area (Å²) in [5.41, 5.74) is 1.73. The van der Waals surface area contributed by atoms with Crippen LogP contribution < -0.4 is 4.74 Å². The Kier molecular flexibility index (Phi) is 4.40. The standard InChI is InChI=1S/C15H20N2O2S/c1-15(2,3)14-13(20-17-16-14)11(18)9-10-7-5-6-8-12(10)19-4/h5-8,11,18H,9H2,1-4H3. The topological polar surface area (TPSA) is 55.2 Å². The molecule has 0 aliphatic heterocycles. The van der Waals surface area contributed by atoms with Crippen LogP contribution in [-0.4, -0.2) is 21.8 Å². The van der Waals surface area contributed by atoms with E-state index < -0.39 is 6.10 Å². The minimum Gasteiger partial charge on any atom is -0.496 e. The number of aliphatic hydroxyl groups excluding tert-OH is 1. The summed E-state index contributed by atoms with van der Waals surface area (Å²) in [5, 5.41) is 14.7. The highest BCUT2D eigenvalue weighted by atomic mass is 32.1. The molecule has 0 amide bonds. The molecule has 2 rings (SSSR count). The average molecular weight is 292 g/mol. The Labute approximate surface area is 123 Å². The Morgan fingerprint density at radius 3 is 2.65 bits per heavy atom. The number of benzene rings is 1. The van der Waals surface area contributed by atoms with Crippen molar-refractivity contribution in [2.24, 2.45) is 0 Å². The van der Waals surface area contributed by atoms with Crippen LogP contribution in [0.2, 0.25) is 0 Å². The molecule has 2 aromatic rings. The van der Waals surface area contributed by atoms with Crippen LogP contribution in [0.15, 0.2) is 24.3 Å². The van der Waals surface area contributed by atoms with Crippen LogP contribution in [0.25, 0.3) is 0 Å². The smallest absolute Gasteiger partial charge is 0.122 e. The van der Waals surface area contributed by atoms with Crippen LogP contribution in [0.5, 0.6) is 5.75 Å². The third kappa shape index (κ3) is 3.16. The van der Waals surface area contributed by atoms with Crippen molar-refractivity contribution in [3.05, 3.63) is 40.4 Å². The van der Waals surface area contributed by atoms with E-state index in [1.807, 2.05) is 24.3 Å². The number of para-hydroxylation sites is 1. The van der Waals surface area contributed by atoms with Crippen LogP contribution in [-0.2, 0) is 11.8 Å². The van der Waals surface area contributed by atoms with Crippen molar-refractivity contribution in [1.29, 1.82) is 0 Å². The largest absolute Gasteiger partial charge is 0.496 e. The zero-order valence-electron chi connectivity index (χ0n) is 12.3. The van der Waals surface area contributed by atoms with Crippen LogP contribution in [0.3, 0.4) is 0 Å². The highest BCUT2D eigenvalue weighted by Crippen LogP contribution is 2.33. The van der Waals surface area contributed by atoms with E-state index in [9.17, 15) is 5.11 Å². The normalized spacial score (nSPS) is 13.2. The summed E-state index contributed by atoms with van der Waals surface area (Å²) in [4.78, 5) is 0.836. The molecule has 1 unspecified atom stereocenters. The fourth-order valence-electron chi connectivity index (χ4n) is 2.11. The Balaban J connectivity index is 2.25.